The molecule has 0 aliphatic heterocycles. The molecule has 1 heterocycles. The minimum Gasteiger partial charge on any atom is -0.356 e. The highest BCUT2D eigenvalue weighted by atomic mass is 32.2. The van der Waals surface area contributed by atoms with E-state index in [2.05, 4.69) is 34.5 Å². The molecule has 0 fully saturated rings. The van der Waals surface area contributed by atoms with Crippen molar-refractivity contribution < 1.29 is 0 Å². The number of aliphatic imine (C=N–C) groups is 1. The van der Waals surface area contributed by atoms with Gasteiger partial charge in [-0.05, 0) is 12.3 Å². The van der Waals surface area contributed by atoms with Crippen LogP contribution < -0.4 is 10.6 Å². The summed E-state index contributed by atoms with van der Waals surface area (Å²) in [6.07, 6.45) is 2.95. The molecule has 6 heteroatoms. The molecule has 0 spiro atoms. The second-order valence-corrected chi connectivity index (χ2v) is 6.51. The van der Waals surface area contributed by atoms with Crippen LogP contribution in [0.4, 0.5) is 0 Å². The molecule has 0 atom stereocenters. The van der Waals surface area contributed by atoms with Crippen LogP contribution in [0.1, 0.15) is 20.3 Å². The molecule has 1 aromatic rings. The molecule has 0 radical (unpaired) electrons. The number of nitrogens with one attached hydrogen (secondary N) is 2. The molecule has 0 saturated heterocycles. The van der Waals surface area contributed by atoms with E-state index in [9.17, 15) is 0 Å². The Morgan fingerprint density at radius 2 is 2.33 bits per heavy atom. The number of aromatic nitrogens is 1. The van der Waals surface area contributed by atoms with Crippen molar-refractivity contribution in [3.05, 3.63) is 11.6 Å². The van der Waals surface area contributed by atoms with Crippen LogP contribution in [0.25, 0.3) is 0 Å². The third-order valence-electron chi connectivity index (χ3n) is 2.15. The summed E-state index contributed by atoms with van der Waals surface area (Å²) in [5, 5.41) is 8.62. The Hall–Kier alpha value is -0.750. The molecule has 0 aromatic carbocycles. The zero-order valence-electron chi connectivity index (χ0n) is 11.3. The number of guanidine groups is 1. The van der Waals surface area contributed by atoms with Gasteiger partial charge in [-0.25, -0.2) is 4.98 Å². The van der Waals surface area contributed by atoms with Gasteiger partial charge in [0.1, 0.15) is 4.34 Å². The molecular weight excluding hydrogens is 264 g/mol. The molecule has 0 bridgehead atoms. The Balaban J connectivity index is 2.05. The number of nitrogens with zero attached hydrogens (tertiary/aromatic N) is 2. The highest BCUT2D eigenvalue weighted by molar-refractivity contribution is 8.00. The van der Waals surface area contributed by atoms with Gasteiger partial charge in [-0.3, -0.25) is 4.99 Å². The molecule has 2 N–H and O–H groups in total. The van der Waals surface area contributed by atoms with Gasteiger partial charge in [-0.2, -0.15) is 0 Å². The van der Waals surface area contributed by atoms with Gasteiger partial charge in [-0.1, -0.05) is 25.6 Å². The van der Waals surface area contributed by atoms with Crippen LogP contribution in [-0.2, 0) is 0 Å². The molecule has 1 rings (SSSR count). The van der Waals surface area contributed by atoms with Crippen molar-refractivity contribution in [3.63, 3.8) is 0 Å². The van der Waals surface area contributed by atoms with Crippen molar-refractivity contribution in [1.29, 1.82) is 0 Å². The first-order valence-corrected chi connectivity index (χ1v) is 8.05. The Morgan fingerprint density at radius 3 is 2.94 bits per heavy atom. The molecule has 0 saturated carbocycles. The maximum absolute atomic E-state index is 4.24. The zero-order valence-corrected chi connectivity index (χ0v) is 12.9. The Labute approximate surface area is 118 Å². The largest absolute Gasteiger partial charge is 0.356 e. The lowest BCUT2D eigenvalue weighted by molar-refractivity contribution is 0.614. The van der Waals surface area contributed by atoms with Crippen LogP contribution in [0.15, 0.2) is 20.9 Å². The molecule has 4 nitrogen and oxygen atoms in total. The molecule has 0 aliphatic carbocycles. The van der Waals surface area contributed by atoms with E-state index in [0.29, 0.717) is 5.92 Å². The van der Waals surface area contributed by atoms with Crippen LogP contribution in [0, 0.1) is 5.92 Å². The first-order chi connectivity index (χ1) is 8.72. The van der Waals surface area contributed by atoms with Crippen LogP contribution in [0.5, 0.6) is 0 Å². The van der Waals surface area contributed by atoms with Crippen molar-refractivity contribution in [2.45, 2.75) is 24.6 Å². The lowest BCUT2D eigenvalue weighted by atomic mass is 10.2. The van der Waals surface area contributed by atoms with Gasteiger partial charge in [-0.15, -0.1) is 11.3 Å². The van der Waals surface area contributed by atoms with Crippen LogP contribution in [0.2, 0.25) is 0 Å². The van der Waals surface area contributed by atoms with Crippen molar-refractivity contribution >= 4 is 29.1 Å². The van der Waals surface area contributed by atoms with Gasteiger partial charge in [0.15, 0.2) is 5.96 Å². The van der Waals surface area contributed by atoms with Crippen molar-refractivity contribution in [2.75, 3.05) is 25.9 Å². The van der Waals surface area contributed by atoms with Gasteiger partial charge in [0.05, 0.1) is 0 Å². The summed E-state index contributed by atoms with van der Waals surface area (Å²) in [6.45, 7) is 6.26. The van der Waals surface area contributed by atoms with Gasteiger partial charge in [0.25, 0.3) is 0 Å². The molecule has 0 amide bonds. The predicted molar refractivity (Wildman–Crippen MR) is 81.7 cm³/mol. The Bertz CT molecular complexity index is 336. The van der Waals surface area contributed by atoms with Gasteiger partial charge < -0.3 is 10.6 Å². The fraction of sp³-hybridized carbons (Fsp3) is 0.667. The monoisotopic (exact) mass is 286 g/mol. The molecule has 1 aromatic heterocycles. The molecule has 0 unspecified atom stereocenters. The molecule has 18 heavy (non-hydrogen) atoms. The quantitative estimate of drug-likeness (QED) is 0.350. The minimum absolute atomic E-state index is 0.629. The second kappa shape index (κ2) is 9.22. The fourth-order valence-electron chi connectivity index (χ4n) is 1.24. The summed E-state index contributed by atoms with van der Waals surface area (Å²) in [4.78, 5) is 8.42. The summed E-state index contributed by atoms with van der Waals surface area (Å²) in [6, 6.07) is 0. The van der Waals surface area contributed by atoms with Crippen LogP contribution in [0.3, 0.4) is 0 Å². The summed E-state index contributed by atoms with van der Waals surface area (Å²) in [7, 11) is 1.81. The minimum atomic E-state index is 0.629. The normalized spacial score (nSPS) is 11.9. The maximum Gasteiger partial charge on any atom is 0.190 e. The lowest BCUT2D eigenvalue weighted by Crippen LogP contribution is -2.39. The third-order valence-corrected chi connectivity index (χ3v) is 4.20. The first-order valence-electron chi connectivity index (χ1n) is 6.19. The number of rotatable bonds is 7. The highest BCUT2D eigenvalue weighted by Gasteiger charge is 1.99. The zero-order chi connectivity index (χ0) is 13.2. The molecular formula is C12H22N4S2. The fourth-order valence-corrected chi connectivity index (χ4v) is 2.89. The van der Waals surface area contributed by atoms with Crippen molar-refractivity contribution in [3.8, 4) is 0 Å². The summed E-state index contributed by atoms with van der Waals surface area (Å²) >= 11 is 3.51. The highest BCUT2D eigenvalue weighted by Crippen LogP contribution is 2.20. The number of hydrogen-bond acceptors (Lipinski definition) is 4. The predicted octanol–water partition coefficient (Wildman–Crippen LogP) is 2.45. The van der Waals surface area contributed by atoms with E-state index >= 15 is 0 Å². The van der Waals surface area contributed by atoms with Crippen LogP contribution in [-0.4, -0.2) is 36.8 Å². The van der Waals surface area contributed by atoms with Gasteiger partial charge in [0.2, 0.25) is 0 Å². The third kappa shape index (κ3) is 6.86. The Kier molecular flexibility index (Phi) is 7.84. The van der Waals surface area contributed by atoms with E-state index < -0.39 is 0 Å². The van der Waals surface area contributed by atoms with E-state index in [4.69, 9.17) is 0 Å². The molecule has 0 aliphatic rings. The topological polar surface area (TPSA) is 49.3 Å². The average Bonchev–Trinajstić information content (AvgIpc) is 2.85. The number of hydrogen-bond donors (Lipinski definition) is 2. The van der Waals surface area contributed by atoms with Gasteiger partial charge in [0, 0.05) is 37.5 Å². The standard InChI is InChI=1S/C12H22N4S2/c1-10(2)9-16-11(13-3)14-5-4-7-17-12-15-6-8-18-12/h6,8,10H,4-5,7,9H2,1-3H3,(H2,13,14,16). The summed E-state index contributed by atoms with van der Waals surface area (Å²) in [5.41, 5.74) is 0. The van der Waals surface area contributed by atoms with E-state index in [-0.39, 0.29) is 0 Å². The van der Waals surface area contributed by atoms with Crippen molar-refractivity contribution in [1.82, 2.24) is 15.6 Å². The first kappa shape index (κ1) is 15.3. The van der Waals surface area contributed by atoms with Gasteiger partial charge >= 0.3 is 0 Å². The number of thiazole rings is 1. The lowest BCUT2D eigenvalue weighted by Gasteiger charge is -2.13. The van der Waals surface area contributed by atoms with E-state index in [1.54, 1.807) is 18.4 Å². The molecule has 102 valence electrons. The van der Waals surface area contributed by atoms with Crippen LogP contribution >= 0.6 is 23.1 Å². The summed E-state index contributed by atoms with van der Waals surface area (Å²) in [5.74, 6) is 2.61. The average molecular weight is 286 g/mol. The Morgan fingerprint density at radius 1 is 1.50 bits per heavy atom. The second-order valence-electron chi connectivity index (χ2n) is 4.27. The van der Waals surface area contributed by atoms with E-state index in [1.165, 1.54) is 0 Å². The van der Waals surface area contributed by atoms with E-state index in [0.717, 1.165) is 35.6 Å². The SMILES string of the molecule is CN=C(NCCCSc1nccs1)NCC(C)C. The maximum atomic E-state index is 4.24. The summed E-state index contributed by atoms with van der Waals surface area (Å²) < 4.78 is 1.15. The van der Waals surface area contributed by atoms with Crippen molar-refractivity contribution in [2.24, 2.45) is 10.9 Å². The number of thioether (sulfide) groups is 1. The smallest absolute Gasteiger partial charge is 0.190 e. The van der Waals surface area contributed by atoms with E-state index in [1.807, 2.05) is 23.3 Å².